The minimum absolute atomic E-state index is 0.0544. The predicted octanol–water partition coefficient (Wildman–Crippen LogP) is 3.16. The van der Waals surface area contributed by atoms with Gasteiger partial charge < -0.3 is 20.7 Å². The SMILES string of the molecule is CC(C)CC(NC(=O)C(CC(C)C)NC(=O)C(CC(C)C)NC(=O)OCc1ccccc1)C(=O)C=O. The van der Waals surface area contributed by atoms with Crippen molar-refractivity contribution in [3.8, 4) is 0 Å². The second-order valence-electron chi connectivity index (χ2n) is 10.3. The Bertz CT molecular complexity index is 870. The first-order chi connectivity index (χ1) is 16.9. The summed E-state index contributed by atoms with van der Waals surface area (Å²) in [5, 5.41) is 7.95. The van der Waals surface area contributed by atoms with Crippen LogP contribution in [0.5, 0.6) is 0 Å². The molecule has 1 aromatic rings. The number of hydrogen-bond acceptors (Lipinski definition) is 6. The topological polar surface area (TPSA) is 131 Å². The van der Waals surface area contributed by atoms with E-state index in [0.717, 1.165) is 5.56 Å². The fourth-order valence-corrected chi connectivity index (χ4v) is 3.66. The molecular formula is C27H41N3O6. The molecule has 0 bridgehead atoms. The number of ketones is 1. The number of benzene rings is 1. The van der Waals surface area contributed by atoms with Crippen LogP contribution in [0.25, 0.3) is 0 Å². The molecule has 3 amide bonds. The number of nitrogens with one attached hydrogen (secondary N) is 3. The number of ether oxygens (including phenoxy) is 1. The molecule has 9 nitrogen and oxygen atoms in total. The lowest BCUT2D eigenvalue weighted by atomic mass is 9.98. The van der Waals surface area contributed by atoms with Crippen molar-refractivity contribution in [2.45, 2.75) is 85.5 Å². The zero-order chi connectivity index (χ0) is 27.3. The first-order valence-electron chi connectivity index (χ1n) is 12.5. The lowest BCUT2D eigenvalue weighted by Crippen LogP contribution is -2.56. The van der Waals surface area contributed by atoms with E-state index in [9.17, 15) is 24.0 Å². The quantitative estimate of drug-likeness (QED) is 0.249. The van der Waals surface area contributed by atoms with Gasteiger partial charge in [0.05, 0.1) is 6.04 Å². The Morgan fingerprint density at radius 1 is 0.722 bits per heavy atom. The highest BCUT2D eigenvalue weighted by Crippen LogP contribution is 2.11. The zero-order valence-corrected chi connectivity index (χ0v) is 22.2. The molecule has 0 saturated carbocycles. The highest BCUT2D eigenvalue weighted by Gasteiger charge is 2.30. The fourth-order valence-electron chi connectivity index (χ4n) is 3.66. The van der Waals surface area contributed by atoms with E-state index in [1.165, 1.54) is 0 Å². The van der Waals surface area contributed by atoms with Crippen LogP contribution in [0.1, 0.15) is 66.4 Å². The third-order valence-electron chi connectivity index (χ3n) is 5.35. The van der Waals surface area contributed by atoms with E-state index in [0.29, 0.717) is 19.3 Å². The molecule has 0 saturated heterocycles. The molecule has 36 heavy (non-hydrogen) atoms. The van der Waals surface area contributed by atoms with Crippen LogP contribution in [0.4, 0.5) is 4.79 Å². The summed E-state index contributed by atoms with van der Waals surface area (Å²) in [6, 6.07) is 6.35. The molecule has 1 rings (SSSR count). The number of carbonyl (C=O) groups is 5. The lowest BCUT2D eigenvalue weighted by Gasteiger charge is -2.26. The maximum absolute atomic E-state index is 13.2. The summed E-state index contributed by atoms with van der Waals surface area (Å²) in [7, 11) is 0. The van der Waals surface area contributed by atoms with Crippen molar-refractivity contribution in [1.82, 2.24) is 16.0 Å². The van der Waals surface area contributed by atoms with Crippen LogP contribution in [0.3, 0.4) is 0 Å². The minimum Gasteiger partial charge on any atom is -0.445 e. The summed E-state index contributed by atoms with van der Waals surface area (Å²) in [6.45, 7) is 11.4. The summed E-state index contributed by atoms with van der Waals surface area (Å²) in [6.07, 6.45) is 0.414. The van der Waals surface area contributed by atoms with Gasteiger partial charge in [0.25, 0.3) is 0 Å². The average molecular weight is 504 g/mol. The third kappa shape index (κ3) is 12.0. The van der Waals surface area contributed by atoms with Gasteiger partial charge in [0.2, 0.25) is 17.6 Å². The summed E-state index contributed by atoms with van der Waals surface area (Å²) in [5.74, 6) is -1.59. The summed E-state index contributed by atoms with van der Waals surface area (Å²) in [4.78, 5) is 61.7. The molecule has 0 aliphatic carbocycles. The second kappa shape index (κ2) is 15.7. The van der Waals surface area contributed by atoms with Crippen LogP contribution < -0.4 is 16.0 Å². The molecule has 3 unspecified atom stereocenters. The average Bonchev–Trinajstić information content (AvgIpc) is 2.80. The van der Waals surface area contributed by atoms with Crippen molar-refractivity contribution in [3.05, 3.63) is 35.9 Å². The number of carbonyl (C=O) groups excluding carboxylic acids is 5. The molecule has 3 N–H and O–H groups in total. The Balaban J connectivity index is 2.92. The monoisotopic (exact) mass is 503 g/mol. The van der Waals surface area contributed by atoms with Gasteiger partial charge in [0, 0.05) is 0 Å². The van der Waals surface area contributed by atoms with Crippen molar-refractivity contribution in [2.24, 2.45) is 17.8 Å². The van der Waals surface area contributed by atoms with E-state index in [-0.39, 0.29) is 30.6 Å². The highest BCUT2D eigenvalue weighted by atomic mass is 16.5. The van der Waals surface area contributed by atoms with E-state index in [1.54, 1.807) is 0 Å². The molecule has 0 heterocycles. The van der Waals surface area contributed by atoms with Crippen LogP contribution in [0, 0.1) is 17.8 Å². The molecular weight excluding hydrogens is 462 g/mol. The molecule has 0 aromatic heterocycles. The van der Waals surface area contributed by atoms with Gasteiger partial charge in [0.15, 0.2) is 6.29 Å². The van der Waals surface area contributed by atoms with Gasteiger partial charge >= 0.3 is 6.09 Å². The molecule has 1 aromatic carbocycles. The van der Waals surface area contributed by atoms with Gasteiger partial charge in [-0.2, -0.15) is 0 Å². The van der Waals surface area contributed by atoms with E-state index in [1.807, 2.05) is 71.9 Å². The maximum atomic E-state index is 13.2. The first-order valence-corrected chi connectivity index (χ1v) is 12.5. The largest absolute Gasteiger partial charge is 0.445 e. The van der Waals surface area contributed by atoms with Crippen molar-refractivity contribution in [3.63, 3.8) is 0 Å². The van der Waals surface area contributed by atoms with E-state index in [4.69, 9.17) is 4.74 Å². The van der Waals surface area contributed by atoms with E-state index in [2.05, 4.69) is 16.0 Å². The molecule has 0 fully saturated rings. The zero-order valence-electron chi connectivity index (χ0n) is 22.2. The van der Waals surface area contributed by atoms with Gasteiger partial charge in [-0.1, -0.05) is 71.9 Å². The van der Waals surface area contributed by atoms with Crippen molar-refractivity contribution >= 4 is 30.0 Å². The van der Waals surface area contributed by atoms with Gasteiger partial charge in [-0.05, 0) is 42.6 Å². The Morgan fingerprint density at radius 3 is 1.64 bits per heavy atom. The number of Topliss-reactive ketones (excluding diaryl/α,β-unsaturated/α-hetero) is 1. The Labute approximate surface area is 214 Å². The van der Waals surface area contributed by atoms with Crippen molar-refractivity contribution in [1.29, 1.82) is 0 Å². The predicted molar refractivity (Wildman–Crippen MR) is 137 cm³/mol. The van der Waals surface area contributed by atoms with Crippen LogP contribution in [0.15, 0.2) is 30.3 Å². The van der Waals surface area contributed by atoms with Crippen LogP contribution in [-0.2, 0) is 30.5 Å². The molecule has 9 heteroatoms. The highest BCUT2D eigenvalue weighted by molar-refractivity contribution is 6.28. The van der Waals surface area contributed by atoms with Gasteiger partial charge in [0.1, 0.15) is 18.7 Å². The smallest absolute Gasteiger partial charge is 0.408 e. The van der Waals surface area contributed by atoms with Crippen molar-refractivity contribution in [2.75, 3.05) is 0 Å². The number of amides is 3. The first kappa shape index (κ1) is 30.8. The molecule has 3 atom stereocenters. The minimum atomic E-state index is -0.959. The van der Waals surface area contributed by atoms with Gasteiger partial charge in [-0.15, -0.1) is 0 Å². The molecule has 200 valence electrons. The molecule has 0 aliphatic heterocycles. The standard InChI is InChI=1S/C27H41N3O6/c1-17(2)12-21(24(32)15-31)28-25(33)22(13-18(3)4)29-26(34)23(14-19(5)6)30-27(35)36-16-20-10-8-7-9-11-20/h7-11,15,17-19,21-23H,12-14,16H2,1-6H3,(H,28,33)(H,29,34)(H,30,35). The molecule has 0 spiro atoms. The van der Waals surface area contributed by atoms with Crippen LogP contribution >= 0.6 is 0 Å². The summed E-state index contributed by atoms with van der Waals surface area (Å²) < 4.78 is 5.26. The Kier molecular flexibility index (Phi) is 13.4. The van der Waals surface area contributed by atoms with Gasteiger partial charge in [-0.25, -0.2) is 4.79 Å². The second-order valence-corrected chi connectivity index (χ2v) is 10.3. The Hall–Kier alpha value is -3.23. The van der Waals surface area contributed by atoms with E-state index >= 15 is 0 Å². The maximum Gasteiger partial charge on any atom is 0.408 e. The normalized spacial score (nSPS) is 13.6. The number of aldehydes is 1. The molecule has 0 radical (unpaired) electrons. The van der Waals surface area contributed by atoms with Crippen LogP contribution in [-0.4, -0.2) is 48.1 Å². The fraction of sp³-hybridized carbons (Fsp3) is 0.593. The summed E-state index contributed by atoms with van der Waals surface area (Å²) in [5.41, 5.74) is 0.812. The lowest BCUT2D eigenvalue weighted by molar-refractivity contribution is -0.135. The molecule has 0 aliphatic rings. The number of hydrogen-bond donors (Lipinski definition) is 3. The third-order valence-corrected chi connectivity index (χ3v) is 5.35. The number of rotatable bonds is 15. The Morgan fingerprint density at radius 2 is 1.17 bits per heavy atom. The number of alkyl carbamates (subject to hydrolysis) is 1. The summed E-state index contributed by atoms with van der Waals surface area (Å²) >= 11 is 0. The van der Waals surface area contributed by atoms with Crippen molar-refractivity contribution < 1.29 is 28.7 Å². The van der Waals surface area contributed by atoms with Crippen LogP contribution in [0.2, 0.25) is 0 Å². The van der Waals surface area contributed by atoms with E-state index < -0.39 is 41.8 Å². The van der Waals surface area contributed by atoms with Gasteiger partial charge in [-0.3, -0.25) is 19.2 Å².